The average molecular weight is 244 g/mol. The maximum atomic E-state index is 11.3. The van der Waals surface area contributed by atoms with Crippen LogP contribution in [0.15, 0.2) is 0 Å². The summed E-state index contributed by atoms with van der Waals surface area (Å²) in [4.78, 5) is 32.7. The predicted octanol–water partition coefficient (Wildman–Crippen LogP) is -0.246. The maximum Gasteiger partial charge on any atom is 0.307 e. The molecule has 0 spiro atoms. The zero-order chi connectivity index (χ0) is 13.1. The first kappa shape index (κ1) is 15.6. The van der Waals surface area contributed by atoms with E-state index in [2.05, 4.69) is 5.32 Å². The van der Waals surface area contributed by atoms with Gasteiger partial charge >= 0.3 is 5.97 Å². The molecule has 6 nitrogen and oxygen atoms in total. The van der Waals surface area contributed by atoms with E-state index in [1.807, 2.05) is 0 Å². The van der Waals surface area contributed by atoms with Crippen LogP contribution in [0.4, 0.5) is 0 Å². The van der Waals surface area contributed by atoms with Crippen molar-refractivity contribution in [3.05, 3.63) is 0 Å². The summed E-state index contributed by atoms with van der Waals surface area (Å²) in [7, 11) is 0. The summed E-state index contributed by atoms with van der Waals surface area (Å²) in [5.74, 6) is -0.430. The molecule has 0 radical (unpaired) electrons. The number of rotatable bonds is 9. The molecule has 0 aromatic rings. The van der Waals surface area contributed by atoms with Gasteiger partial charge in [-0.05, 0) is 6.42 Å². The van der Waals surface area contributed by atoms with Gasteiger partial charge in [0, 0.05) is 32.9 Å². The van der Waals surface area contributed by atoms with Crippen molar-refractivity contribution in [3.63, 3.8) is 0 Å². The fourth-order valence-electron chi connectivity index (χ4n) is 1.15. The maximum absolute atomic E-state index is 11.3. The lowest BCUT2D eigenvalue weighted by atomic mass is 10.2. The summed E-state index contributed by atoms with van der Waals surface area (Å²) >= 11 is 0. The number of amides is 1. The SMILES string of the molecule is CC(=O)NCCC(=O)CCCOC(=O)CCN. The Morgan fingerprint density at radius 2 is 1.88 bits per heavy atom. The van der Waals surface area contributed by atoms with Crippen molar-refractivity contribution < 1.29 is 19.1 Å². The Morgan fingerprint density at radius 3 is 2.47 bits per heavy atom. The molecule has 3 N–H and O–H groups in total. The highest BCUT2D eigenvalue weighted by atomic mass is 16.5. The van der Waals surface area contributed by atoms with Crippen LogP contribution in [0.1, 0.15) is 32.6 Å². The van der Waals surface area contributed by atoms with Gasteiger partial charge in [0.05, 0.1) is 13.0 Å². The van der Waals surface area contributed by atoms with E-state index in [1.54, 1.807) is 0 Å². The molecular formula is C11H20N2O4. The van der Waals surface area contributed by atoms with Crippen molar-refractivity contribution in [2.75, 3.05) is 19.7 Å². The van der Waals surface area contributed by atoms with E-state index in [9.17, 15) is 14.4 Å². The van der Waals surface area contributed by atoms with E-state index in [0.717, 1.165) is 0 Å². The first-order valence-electron chi connectivity index (χ1n) is 5.68. The van der Waals surface area contributed by atoms with E-state index in [4.69, 9.17) is 10.5 Å². The molecule has 0 atom stereocenters. The average Bonchev–Trinajstić information content (AvgIpc) is 2.24. The molecule has 0 rings (SSSR count). The minimum Gasteiger partial charge on any atom is -0.466 e. The number of nitrogens with one attached hydrogen (secondary N) is 1. The summed E-state index contributed by atoms with van der Waals surface area (Å²) < 4.78 is 4.83. The highest BCUT2D eigenvalue weighted by Crippen LogP contribution is 1.96. The molecule has 0 aliphatic carbocycles. The lowest BCUT2D eigenvalue weighted by Gasteiger charge is -2.04. The lowest BCUT2D eigenvalue weighted by molar-refractivity contribution is -0.143. The number of esters is 1. The quantitative estimate of drug-likeness (QED) is 0.430. The molecule has 0 saturated heterocycles. The van der Waals surface area contributed by atoms with E-state index >= 15 is 0 Å². The van der Waals surface area contributed by atoms with Crippen LogP contribution in [-0.2, 0) is 19.1 Å². The molecule has 0 unspecified atom stereocenters. The number of carbonyl (C=O) groups excluding carboxylic acids is 3. The largest absolute Gasteiger partial charge is 0.466 e. The fraction of sp³-hybridized carbons (Fsp3) is 0.727. The molecule has 0 fully saturated rings. The van der Waals surface area contributed by atoms with Crippen molar-refractivity contribution in [1.29, 1.82) is 0 Å². The summed E-state index contributed by atoms with van der Waals surface area (Å²) in [6.45, 7) is 2.28. The van der Waals surface area contributed by atoms with Crippen LogP contribution < -0.4 is 11.1 Å². The minimum atomic E-state index is -0.335. The number of carbonyl (C=O) groups is 3. The van der Waals surface area contributed by atoms with Crippen LogP contribution in [0.3, 0.4) is 0 Å². The number of Topliss-reactive ketones (excluding diaryl/α,β-unsaturated/α-hetero) is 1. The van der Waals surface area contributed by atoms with Crippen molar-refractivity contribution in [3.8, 4) is 0 Å². The third kappa shape index (κ3) is 10.8. The first-order valence-corrected chi connectivity index (χ1v) is 5.68. The van der Waals surface area contributed by atoms with Gasteiger partial charge in [-0.1, -0.05) is 0 Å². The normalized spacial score (nSPS) is 9.76. The summed E-state index contributed by atoms with van der Waals surface area (Å²) in [6, 6.07) is 0. The van der Waals surface area contributed by atoms with Gasteiger partial charge in [0.1, 0.15) is 5.78 Å². The molecule has 0 aliphatic rings. The predicted molar refractivity (Wildman–Crippen MR) is 62.2 cm³/mol. The Labute approximate surface area is 101 Å². The van der Waals surface area contributed by atoms with Gasteiger partial charge < -0.3 is 15.8 Å². The third-order valence-corrected chi connectivity index (χ3v) is 1.99. The molecule has 6 heteroatoms. The minimum absolute atomic E-state index is 0.0497. The molecule has 0 heterocycles. The van der Waals surface area contributed by atoms with E-state index < -0.39 is 0 Å². The Kier molecular flexibility index (Phi) is 8.95. The van der Waals surface area contributed by atoms with Gasteiger partial charge in [-0.3, -0.25) is 14.4 Å². The Balaban J connectivity index is 3.39. The number of hydrogen-bond donors (Lipinski definition) is 2. The van der Waals surface area contributed by atoms with Crippen LogP contribution in [0.5, 0.6) is 0 Å². The number of nitrogens with two attached hydrogens (primary N) is 1. The van der Waals surface area contributed by atoms with E-state index in [-0.39, 0.29) is 37.2 Å². The Bertz CT molecular complexity index is 266. The van der Waals surface area contributed by atoms with Crippen molar-refractivity contribution >= 4 is 17.7 Å². The van der Waals surface area contributed by atoms with Crippen molar-refractivity contribution in [1.82, 2.24) is 5.32 Å². The Morgan fingerprint density at radius 1 is 1.18 bits per heavy atom. The van der Waals surface area contributed by atoms with Crippen LogP contribution in [0.25, 0.3) is 0 Å². The van der Waals surface area contributed by atoms with Crippen molar-refractivity contribution in [2.45, 2.75) is 32.6 Å². The summed E-state index contributed by atoms with van der Waals surface area (Å²) in [5, 5.41) is 2.54. The molecule has 0 aliphatic heterocycles. The Hall–Kier alpha value is -1.43. The standard InChI is InChI=1S/C11H20N2O4/c1-9(14)13-7-5-10(15)3-2-8-17-11(16)4-6-12/h2-8,12H2,1H3,(H,13,14). The topological polar surface area (TPSA) is 98.5 Å². The van der Waals surface area contributed by atoms with Crippen LogP contribution in [-0.4, -0.2) is 37.4 Å². The highest BCUT2D eigenvalue weighted by Gasteiger charge is 2.04. The van der Waals surface area contributed by atoms with Gasteiger partial charge in [-0.25, -0.2) is 0 Å². The lowest BCUT2D eigenvalue weighted by Crippen LogP contribution is -2.23. The first-order chi connectivity index (χ1) is 8.06. The summed E-state index contributed by atoms with van der Waals surface area (Å²) in [6.07, 6.45) is 1.39. The monoisotopic (exact) mass is 244 g/mol. The second-order valence-corrected chi connectivity index (χ2v) is 3.63. The molecule has 0 aromatic carbocycles. The molecule has 0 bridgehead atoms. The number of ketones is 1. The van der Waals surface area contributed by atoms with Gasteiger partial charge in [0.25, 0.3) is 0 Å². The van der Waals surface area contributed by atoms with Crippen LogP contribution in [0, 0.1) is 0 Å². The molecule has 98 valence electrons. The molecule has 1 amide bonds. The number of hydrogen-bond acceptors (Lipinski definition) is 5. The molecule has 0 aromatic heterocycles. The van der Waals surface area contributed by atoms with Crippen LogP contribution >= 0.6 is 0 Å². The smallest absolute Gasteiger partial charge is 0.307 e. The molecule has 17 heavy (non-hydrogen) atoms. The molecular weight excluding hydrogens is 224 g/mol. The number of ether oxygens (including phenoxy) is 1. The van der Waals surface area contributed by atoms with Crippen molar-refractivity contribution in [2.24, 2.45) is 5.73 Å². The molecule has 0 saturated carbocycles. The van der Waals surface area contributed by atoms with Gasteiger partial charge in [-0.2, -0.15) is 0 Å². The fourth-order valence-corrected chi connectivity index (χ4v) is 1.15. The van der Waals surface area contributed by atoms with Crippen LogP contribution in [0.2, 0.25) is 0 Å². The van der Waals surface area contributed by atoms with E-state index in [1.165, 1.54) is 6.92 Å². The zero-order valence-corrected chi connectivity index (χ0v) is 10.2. The highest BCUT2D eigenvalue weighted by molar-refractivity contribution is 5.79. The second-order valence-electron chi connectivity index (χ2n) is 3.63. The zero-order valence-electron chi connectivity index (χ0n) is 10.2. The second kappa shape index (κ2) is 9.77. The third-order valence-electron chi connectivity index (χ3n) is 1.99. The van der Waals surface area contributed by atoms with E-state index in [0.29, 0.717) is 25.8 Å². The van der Waals surface area contributed by atoms with Gasteiger partial charge in [0.15, 0.2) is 0 Å². The summed E-state index contributed by atoms with van der Waals surface area (Å²) in [5.41, 5.74) is 5.17. The van der Waals surface area contributed by atoms with Gasteiger partial charge in [0.2, 0.25) is 5.91 Å². The van der Waals surface area contributed by atoms with Gasteiger partial charge in [-0.15, -0.1) is 0 Å².